The summed E-state index contributed by atoms with van der Waals surface area (Å²) in [5.74, 6) is 0.863. The Morgan fingerprint density at radius 1 is 1.40 bits per heavy atom. The van der Waals surface area contributed by atoms with E-state index in [-0.39, 0.29) is 0 Å². The Morgan fingerprint density at radius 3 is 2.60 bits per heavy atom. The van der Waals surface area contributed by atoms with Gasteiger partial charge in [0.1, 0.15) is 5.82 Å². The summed E-state index contributed by atoms with van der Waals surface area (Å²) < 4.78 is 0. The molecular formula is C8H12N2. The Bertz CT molecular complexity index is 231. The minimum atomic E-state index is 0.863. The van der Waals surface area contributed by atoms with Gasteiger partial charge in [0.05, 0.1) is 0 Å². The second-order valence-electron chi connectivity index (χ2n) is 2.40. The minimum Gasteiger partial charge on any atom is -0.241 e. The molecule has 2 heteroatoms. The second kappa shape index (κ2) is 2.78. The van der Waals surface area contributed by atoms with Crippen molar-refractivity contribution in [3.63, 3.8) is 0 Å². The molecule has 1 heterocycles. The molecule has 0 aromatic carbocycles. The van der Waals surface area contributed by atoms with E-state index in [0.717, 1.165) is 17.9 Å². The number of nitrogens with zero attached hydrogens (tertiary/aromatic N) is 2. The fraction of sp³-hybridized carbons (Fsp3) is 0.500. The van der Waals surface area contributed by atoms with Gasteiger partial charge in [-0.3, -0.25) is 0 Å². The van der Waals surface area contributed by atoms with Gasteiger partial charge in [-0.2, -0.15) is 0 Å². The Balaban J connectivity index is 3.09. The molecule has 0 N–H and O–H groups in total. The first-order valence-electron chi connectivity index (χ1n) is 3.53. The molecule has 2 nitrogen and oxygen atoms in total. The molecule has 0 saturated heterocycles. The van der Waals surface area contributed by atoms with E-state index >= 15 is 0 Å². The zero-order valence-electron chi connectivity index (χ0n) is 6.68. The molecule has 0 aliphatic heterocycles. The van der Waals surface area contributed by atoms with Gasteiger partial charge in [-0.05, 0) is 25.8 Å². The predicted octanol–water partition coefficient (Wildman–Crippen LogP) is 1.66. The van der Waals surface area contributed by atoms with E-state index in [1.54, 1.807) is 0 Å². The van der Waals surface area contributed by atoms with Crippen LogP contribution in [0.3, 0.4) is 0 Å². The number of hydrogen-bond donors (Lipinski definition) is 0. The molecule has 0 radical (unpaired) electrons. The molecule has 0 amide bonds. The fourth-order valence-corrected chi connectivity index (χ4v) is 0.935. The Hall–Kier alpha value is -0.920. The van der Waals surface area contributed by atoms with E-state index in [4.69, 9.17) is 0 Å². The van der Waals surface area contributed by atoms with E-state index in [2.05, 4.69) is 16.9 Å². The lowest BCUT2D eigenvalue weighted by molar-refractivity contribution is 0.926. The topological polar surface area (TPSA) is 25.8 Å². The van der Waals surface area contributed by atoms with Gasteiger partial charge < -0.3 is 0 Å². The Morgan fingerprint density at radius 2 is 2.10 bits per heavy atom. The molecule has 0 aliphatic rings. The number of aryl methyl sites for hydroxylation is 3. The average Bonchev–Trinajstić information content (AvgIpc) is 1.94. The zero-order valence-corrected chi connectivity index (χ0v) is 6.68. The number of rotatable bonds is 1. The largest absolute Gasteiger partial charge is 0.241 e. The third kappa shape index (κ3) is 1.32. The normalized spacial score (nSPS) is 9.90. The van der Waals surface area contributed by atoms with Crippen molar-refractivity contribution in [1.82, 2.24) is 9.97 Å². The Labute approximate surface area is 61.3 Å². The van der Waals surface area contributed by atoms with Crippen LogP contribution < -0.4 is 0 Å². The van der Waals surface area contributed by atoms with Gasteiger partial charge in [-0.25, -0.2) is 9.97 Å². The SMILES string of the molecule is CCc1nc(C)ncc1C. The van der Waals surface area contributed by atoms with Gasteiger partial charge in [-0.15, -0.1) is 0 Å². The van der Waals surface area contributed by atoms with Crippen LogP contribution in [0, 0.1) is 13.8 Å². The van der Waals surface area contributed by atoms with Gasteiger partial charge >= 0.3 is 0 Å². The molecule has 10 heavy (non-hydrogen) atoms. The third-order valence-electron chi connectivity index (χ3n) is 1.53. The summed E-state index contributed by atoms with van der Waals surface area (Å²) in [6, 6.07) is 0. The van der Waals surface area contributed by atoms with E-state index in [1.807, 2.05) is 20.0 Å². The Kier molecular flexibility index (Phi) is 2.00. The first-order chi connectivity index (χ1) is 4.74. The van der Waals surface area contributed by atoms with Gasteiger partial charge in [0.2, 0.25) is 0 Å². The zero-order chi connectivity index (χ0) is 7.56. The van der Waals surface area contributed by atoms with Gasteiger partial charge in [-0.1, -0.05) is 6.92 Å². The monoisotopic (exact) mass is 136 g/mol. The summed E-state index contributed by atoms with van der Waals surface area (Å²) in [5, 5.41) is 0. The molecular weight excluding hydrogens is 124 g/mol. The summed E-state index contributed by atoms with van der Waals surface area (Å²) >= 11 is 0. The summed E-state index contributed by atoms with van der Waals surface area (Å²) in [5.41, 5.74) is 2.35. The highest BCUT2D eigenvalue weighted by atomic mass is 14.9. The number of hydrogen-bond acceptors (Lipinski definition) is 2. The molecule has 0 atom stereocenters. The summed E-state index contributed by atoms with van der Waals surface area (Å²) in [7, 11) is 0. The van der Waals surface area contributed by atoms with Crippen LogP contribution in [0.4, 0.5) is 0 Å². The lowest BCUT2D eigenvalue weighted by atomic mass is 10.2. The van der Waals surface area contributed by atoms with Crippen molar-refractivity contribution in [2.75, 3.05) is 0 Å². The van der Waals surface area contributed by atoms with Crippen LogP contribution in [0.1, 0.15) is 24.0 Å². The van der Waals surface area contributed by atoms with Crippen LogP contribution >= 0.6 is 0 Å². The molecule has 0 bridgehead atoms. The van der Waals surface area contributed by atoms with Crippen LogP contribution in [-0.2, 0) is 6.42 Å². The predicted molar refractivity (Wildman–Crippen MR) is 40.9 cm³/mol. The van der Waals surface area contributed by atoms with Crippen molar-refractivity contribution in [3.05, 3.63) is 23.3 Å². The van der Waals surface area contributed by atoms with Crippen LogP contribution in [0.2, 0.25) is 0 Å². The summed E-state index contributed by atoms with van der Waals surface area (Å²) in [6.07, 6.45) is 2.87. The van der Waals surface area contributed by atoms with Crippen molar-refractivity contribution >= 4 is 0 Å². The van der Waals surface area contributed by atoms with E-state index in [0.29, 0.717) is 0 Å². The smallest absolute Gasteiger partial charge is 0.125 e. The minimum absolute atomic E-state index is 0.863. The summed E-state index contributed by atoms with van der Waals surface area (Å²) in [6.45, 7) is 6.06. The molecule has 0 aliphatic carbocycles. The quantitative estimate of drug-likeness (QED) is 0.586. The van der Waals surface area contributed by atoms with Gasteiger partial charge in [0, 0.05) is 11.9 Å². The standard InChI is InChI=1S/C8H12N2/c1-4-8-6(2)5-9-7(3)10-8/h5H,4H2,1-3H3. The van der Waals surface area contributed by atoms with Gasteiger partial charge in [0.25, 0.3) is 0 Å². The molecule has 0 spiro atoms. The van der Waals surface area contributed by atoms with E-state index in [9.17, 15) is 0 Å². The first-order valence-corrected chi connectivity index (χ1v) is 3.53. The first kappa shape index (κ1) is 7.19. The molecule has 1 aromatic heterocycles. The molecule has 54 valence electrons. The fourth-order valence-electron chi connectivity index (χ4n) is 0.935. The van der Waals surface area contributed by atoms with Crippen LogP contribution in [0.25, 0.3) is 0 Å². The highest BCUT2D eigenvalue weighted by molar-refractivity contribution is 5.14. The van der Waals surface area contributed by atoms with E-state index in [1.165, 1.54) is 5.56 Å². The van der Waals surface area contributed by atoms with Crippen molar-refractivity contribution in [1.29, 1.82) is 0 Å². The second-order valence-corrected chi connectivity index (χ2v) is 2.40. The van der Waals surface area contributed by atoms with Crippen molar-refractivity contribution in [3.8, 4) is 0 Å². The molecule has 1 rings (SSSR count). The molecule has 0 unspecified atom stereocenters. The summed E-state index contributed by atoms with van der Waals surface area (Å²) in [4.78, 5) is 8.36. The lowest BCUT2D eigenvalue weighted by Gasteiger charge is -2.00. The van der Waals surface area contributed by atoms with Crippen LogP contribution in [-0.4, -0.2) is 9.97 Å². The average molecular weight is 136 g/mol. The molecule has 0 fully saturated rings. The van der Waals surface area contributed by atoms with Crippen LogP contribution in [0.15, 0.2) is 6.20 Å². The van der Waals surface area contributed by atoms with Crippen molar-refractivity contribution in [2.45, 2.75) is 27.2 Å². The number of aromatic nitrogens is 2. The highest BCUT2D eigenvalue weighted by Gasteiger charge is 1.96. The highest BCUT2D eigenvalue weighted by Crippen LogP contribution is 2.02. The maximum Gasteiger partial charge on any atom is 0.125 e. The maximum absolute atomic E-state index is 4.28. The van der Waals surface area contributed by atoms with Crippen molar-refractivity contribution in [2.24, 2.45) is 0 Å². The lowest BCUT2D eigenvalue weighted by Crippen LogP contribution is -1.96. The maximum atomic E-state index is 4.28. The van der Waals surface area contributed by atoms with Gasteiger partial charge in [0.15, 0.2) is 0 Å². The van der Waals surface area contributed by atoms with Crippen LogP contribution in [0.5, 0.6) is 0 Å². The molecule has 0 saturated carbocycles. The third-order valence-corrected chi connectivity index (χ3v) is 1.53. The van der Waals surface area contributed by atoms with Crippen molar-refractivity contribution < 1.29 is 0 Å². The van der Waals surface area contributed by atoms with E-state index < -0.39 is 0 Å². The molecule has 1 aromatic rings.